The SMILES string of the molecule is OC(O)(O)NC1CCCC1. The Morgan fingerprint density at radius 2 is 1.60 bits per heavy atom. The summed E-state index contributed by atoms with van der Waals surface area (Å²) in [5.41, 5.74) is 0. The van der Waals surface area contributed by atoms with Gasteiger partial charge in [0, 0.05) is 6.04 Å². The maximum atomic E-state index is 8.48. The molecule has 0 amide bonds. The highest BCUT2D eigenvalue weighted by Crippen LogP contribution is 2.18. The maximum absolute atomic E-state index is 8.48. The summed E-state index contributed by atoms with van der Waals surface area (Å²) in [5.74, 6) is 0. The van der Waals surface area contributed by atoms with Crippen molar-refractivity contribution in [2.75, 3.05) is 0 Å². The molecule has 0 aromatic rings. The highest BCUT2D eigenvalue weighted by atomic mass is 16.7. The number of hydrogen-bond acceptors (Lipinski definition) is 4. The molecule has 4 N–H and O–H groups in total. The Labute approximate surface area is 59.5 Å². The zero-order chi connectivity index (χ0) is 7.61. The summed E-state index contributed by atoms with van der Waals surface area (Å²) in [6.07, 6.45) is 1.31. The van der Waals surface area contributed by atoms with Crippen molar-refractivity contribution in [3.8, 4) is 0 Å². The second-order valence-corrected chi connectivity index (χ2v) is 2.76. The summed E-state index contributed by atoms with van der Waals surface area (Å²) in [5, 5.41) is 27.7. The lowest BCUT2D eigenvalue weighted by Crippen LogP contribution is -2.49. The summed E-state index contributed by atoms with van der Waals surface area (Å²) >= 11 is 0. The van der Waals surface area contributed by atoms with E-state index in [0.717, 1.165) is 25.7 Å². The van der Waals surface area contributed by atoms with E-state index in [1.54, 1.807) is 0 Å². The van der Waals surface area contributed by atoms with Gasteiger partial charge in [0.1, 0.15) is 0 Å². The monoisotopic (exact) mass is 147 g/mol. The molecule has 4 heteroatoms. The summed E-state index contributed by atoms with van der Waals surface area (Å²) < 4.78 is 0. The van der Waals surface area contributed by atoms with E-state index in [1.807, 2.05) is 0 Å². The van der Waals surface area contributed by atoms with Crippen LogP contribution in [0, 0.1) is 0 Å². The zero-order valence-electron chi connectivity index (χ0n) is 5.75. The van der Waals surface area contributed by atoms with Gasteiger partial charge in [0.2, 0.25) is 0 Å². The Kier molecular flexibility index (Phi) is 2.25. The van der Waals surface area contributed by atoms with Gasteiger partial charge >= 0.3 is 6.10 Å². The predicted molar refractivity (Wildman–Crippen MR) is 34.8 cm³/mol. The maximum Gasteiger partial charge on any atom is 0.343 e. The second-order valence-electron chi connectivity index (χ2n) is 2.76. The fourth-order valence-electron chi connectivity index (χ4n) is 1.34. The van der Waals surface area contributed by atoms with Gasteiger partial charge in [-0.3, -0.25) is 0 Å². The molecule has 0 radical (unpaired) electrons. The summed E-state index contributed by atoms with van der Waals surface area (Å²) in [7, 11) is 0. The molecule has 1 fully saturated rings. The molecule has 1 aliphatic carbocycles. The van der Waals surface area contributed by atoms with Crippen molar-refractivity contribution in [2.45, 2.75) is 37.8 Å². The van der Waals surface area contributed by atoms with Gasteiger partial charge in [0.25, 0.3) is 0 Å². The standard InChI is InChI=1S/C6H13NO3/c8-6(9,10)7-5-3-1-2-4-5/h5,7-10H,1-4H2. The average molecular weight is 147 g/mol. The second kappa shape index (κ2) is 2.84. The van der Waals surface area contributed by atoms with Crippen molar-refractivity contribution in [1.82, 2.24) is 5.32 Å². The van der Waals surface area contributed by atoms with Gasteiger partial charge in [-0.1, -0.05) is 12.8 Å². The van der Waals surface area contributed by atoms with Crippen LogP contribution in [0.4, 0.5) is 0 Å². The smallest absolute Gasteiger partial charge is 0.330 e. The van der Waals surface area contributed by atoms with Crippen molar-refractivity contribution in [3.63, 3.8) is 0 Å². The third-order valence-corrected chi connectivity index (χ3v) is 1.75. The number of hydrogen-bond donors (Lipinski definition) is 4. The fourth-order valence-corrected chi connectivity index (χ4v) is 1.34. The third kappa shape index (κ3) is 2.62. The van der Waals surface area contributed by atoms with E-state index < -0.39 is 6.10 Å². The van der Waals surface area contributed by atoms with Crippen LogP contribution >= 0.6 is 0 Å². The molecule has 0 heterocycles. The lowest BCUT2D eigenvalue weighted by Gasteiger charge is -2.20. The molecule has 60 valence electrons. The molecule has 1 aliphatic rings. The van der Waals surface area contributed by atoms with Crippen LogP contribution in [0.15, 0.2) is 0 Å². The van der Waals surface area contributed by atoms with E-state index in [-0.39, 0.29) is 6.04 Å². The minimum absolute atomic E-state index is 0.0556. The summed E-state index contributed by atoms with van der Waals surface area (Å²) in [6, 6.07) is 0.0556. The van der Waals surface area contributed by atoms with Gasteiger partial charge in [-0.25, -0.2) is 5.32 Å². The first kappa shape index (κ1) is 7.94. The van der Waals surface area contributed by atoms with E-state index in [4.69, 9.17) is 15.3 Å². The molecule has 0 atom stereocenters. The molecule has 0 bridgehead atoms. The minimum atomic E-state index is -2.69. The van der Waals surface area contributed by atoms with Crippen LogP contribution in [-0.4, -0.2) is 27.5 Å². The van der Waals surface area contributed by atoms with Gasteiger partial charge in [-0.15, -0.1) is 0 Å². The van der Waals surface area contributed by atoms with Crippen LogP contribution in [0.5, 0.6) is 0 Å². The van der Waals surface area contributed by atoms with Crippen molar-refractivity contribution in [2.24, 2.45) is 0 Å². The first-order chi connectivity index (χ1) is 4.58. The zero-order valence-corrected chi connectivity index (χ0v) is 5.75. The van der Waals surface area contributed by atoms with Crippen molar-refractivity contribution in [3.05, 3.63) is 0 Å². The topological polar surface area (TPSA) is 72.7 Å². The Hall–Kier alpha value is -0.160. The van der Waals surface area contributed by atoms with Crippen molar-refractivity contribution < 1.29 is 15.3 Å². The Balaban J connectivity index is 2.24. The van der Waals surface area contributed by atoms with Crippen LogP contribution in [0.25, 0.3) is 0 Å². The number of rotatable bonds is 2. The van der Waals surface area contributed by atoms with Crippen LogP contribution < -0.4 is 5.32 Å². The summed E-state index contributed by atoms with van der Waals surface area (Å²) in [6.45, 7) is 0. The molecule has 0 aromatic carbocycles. The van der Waals surface area contributed by atoms with Gasteiger partial charge in [0.05, 0.1) is 0 Å². The third-order valence-electron chi connectivity index (χ3n) is 1.75. The number of aliphatic hydroxyl groups is 3. The van der Waals surface area contributed by atoms with Crippen molar-refractivity contribution >= 4 is 0 Å². The molecule has 1 saturated carbocycles. The highest BCUT2D eigenvalue weighted by Gasteiger charge is 2.25. The molecule has 10 heavy (non-hydrogen) atoms. The molecule has 1 rings (SSSR count). The van der Waals surface area contributed by atoms with Crippen LogP contribution in [-0.2, 0) is 0 Å². The van der Waals surface area contributed by atoms with Gasteiger partial charge in [0.15, 0.2) is 0 Å². The molecule has 0 saturated heterocycles. The summed E-state index contributed by atoms with van der Waals surface area (Å²) in [4.78, 5) is 0. The normalized spacial score (nSPS) is 21.9. The van der Waals surface area contributed by atoms with E-state index in [9.17, 15) is 0 Å². The Morgan fingerprint density at radius 1 is 1.10 bits per heavy atom. The van der Waals surface area contributed by atoms with Gasteiger partial charge in [-0.2, -0.15) is 0 Å². The average Bonchev–Trinajstić information content (AvgIpc) is 2.12. The first-order valence-electron chi connectivity index (χ1n) is 3.53. The largest absolute Gasteiger partial charge is 0.343 e. The van der Waals surface area contributed by atoms with Crippen LogP contribution in [0.3, 0.4) is 0 Å². The quantitative estimate of drug-likeness (QED) is 0.382. The van der Waals surface area contributed by atoms with E-state index in [0.29, 0.717) is 0 Å². The molecular weight excluding hydrogens is 134 g/mol. The van der Waals surface area contributed by atoms with E-state index in [1.165, 1.54) is 0 Å². The van der Waals surface area contributed by atoms with Crippen molar-refractivity contribution in [1.29, 1.82) is 0 Å². The van der Waals surface area contributed by atoms with E-state index >= 15 is 0 Å². The van der Waals surface area contributed by atoms with E-state index in [2.05, 4.69) is 5.32 Å². The van der Waals surface area contributed by atoms with Gasteiger partial charge < -0.3 is 15.3 Å². The minimum Gasteiger partial charge on any atom is -0.330 e. The molecule has 4 nitrogen and oxygen atoms in total. The molecule has 0 spiro atoms. The lowest BCUT2D eigenvalue weighted by molar-refractivity contribution is -0.335. The number of nitrogens with one attached hydrogen (secondary N) is 1. The highest BCUT2D eigenvalue weighted by molar-refractivity contribution is 4.73. The lowest BCUT2D eigenvalue weighted by atomic mass is 10.2. The predicted octanol–water partition coefficient (Wildman–Crippen LogP) is -0.893. The fraction of sp³-hybridized carbons (Fsp3) is 1.00. The Bertz CT molecular complexity index is 104. The Morgan fingerprint density at radius 3 is 2.00 bits per heavy atom. The molecular formula is C6H13NO3. The molecule has 0 aliphatic heterocycles. The van der Waals surface area contributed by atoms with Gasteiger partial charge in [-0.05, 0) is 12.8 Å². The van der Waals surface area contributed by atoms with Crippen LogP contribution in [0.2, 0.25) is 0 Å². The molecule has 0 unspecified atom stereocenters. The van der Waals surface area contributed by atoms with Crippen LogP contribution in [0.1, 0.15) is 25.7 Å². The first-order valence-corrected chi connectivity index (χ1v) is 3.53. The molecule has 0 aromatic heterocycles.